The van der Waals surface area contributed by atoms with E-state index in [1.54, 1.807) is 0 Å². The fraction of sp³-hybridized carbons (Fsp3) is 0.375. The molecule has 6 heteroatoms. The molecule has 0 saturated heterocycles. The highest BCUT2D eigenvalue weighted by Gasteiger charge is 2.15. The molecule has 0 aliphatic rings. The summed E-state index contributed by atoms with van der Waals surface area (Å²) in [5.74, 6) is -0.135. The lowest BCUT2D eigenvalue weighted by Crippen LogP contribution is -2.36. The van der Waals surface area contributed by atoms with E-state index < -0.39 is 0 Å². The first kappa shape index (κ1) is 16.6. The summed E-state index contributed by atoms with van der Waals surface area (Å²) in [6, 6.07) is 8.10. The first-order valence-electron chi connectivity index (χ1n) is 7.15. The Morgan fingerprint density at radius 3 is 2.41 bits per heavy atom. The minimum atomic E-state index is -0.135. The number of aliphatic hydroxyl groups excluding tert-OH is 2. The van der Waals surface area contributed by atoms with Gasteiger partial charge >= 0.3 is 0 Å². The van der Waals surface area contributed by atoms with Gasteiger partial charge in [0.2, 0.25) is 5.91 Å². The molecule has 2 N–H and O–H groups in total. The minimum absolute atomic E-state index is 0.114. The van der Waals surface area contributed by atoms with Gasteiger partial charge in [0.05, 0.1) is 25.3 Å². The van der Waals surface area contributed by atoms with Crippen LogP contribution in [0.5, 0.6) is 0 Å². The van der Waals surface area contributed by atoms with E-state index in [0.29, 0.717) is 5.69 Å². The van der Waals surface area contributed by atoms with Gasteiger partial charge in [-0.1, -0.05) is 29.8 Å². The zero-order valence-corrected chi connectivity index (χ0v) is 13.3. The molecule has 0 fully saturated rings. The molecule has 0 aliphatic carbocycles. The molecule has 5 nitrogen and oxygen atoms in total. The third-order valence-corrected chi connectivity index (χ3v) is 4.22. The molecule has 0 spiro atoms. The zero-order chi connectivity index (χ0) is 15.9. The number of carbonyl (C=O) groups excluding carboxylic acids is 1. The second kappa shape index (κ2) is 8.03. The van der Waals surface area contributed by atoms with Crippen LogP contribution in [0.15, 0.2) is 29.6 Å². The number of rotatable bonds is 7. The second-order valence-electron chi connectivity index (χ2n) is 5.01. The Bertz CT molecular complexity index is 604. The van der Waals surface area contributed by atoms with Gasteiger partial charge in [0.1, 0.15) is 5.01 Å². The Morgan fingerprint density at radius 1 is 1.18 bits per heavy atom. The number of aryl methyl sites for hydroxylation is 1. The molecule has 0 atom stereocenters. The van der Waals surface area contributed by atoms with E-state index in [1.165, 1.54) is 21.8 Å². The van der Waals surface area contributed by atoms with Crippen molar-refractivity contribution in [3.05, 3.63) is 40.9 Å². The molecule has 0 unspecified atom stereocenters. The van der Waals surface area contributed by atoms with Gasteiger partial charge in [0.15, 0.2) is 0 Å². The molecular weight excluding hydrogens is 300 g/mol. The summed E-state index contributed by atoms with van der Waals surface area (Å²) < 4.78 is 0. The summed E-state index contributed by atoms with van der Waals surface area (Å²) in [6.45, 7) is 2.27. The Morgan fingerprint density at radius 2 is 1.82 bits per heavy atom. The molecule has 1 heterocycles. The SMILES string of the molecule is Cc1ccc(-c2nc(CC(=O)N(CCO)CCO)cs2)cc1. The van der Waals surface area contributed by atoms with Crippen LogP contribution in [0.4, 0.5) is 0 Å². The van der Waals surface area contributed by atoms with Gasteiger partial charge in [-0.3, -0.25) is 4.79 Å². The van der Waals surface area contributed by atoms with E-state index in [2.05, 4.69) is 4.98 Å². The average molecular weight is 320 g/mol. The smallest absolute Gasteiger partial charge is 0.228 e. The molecule has 0 aliphatic heterocycles. The molecule has 1 aromatic heterocycles. The Balaban J connectivity index is 2.05. The normalized spacial score (nSPS) is 10.7. The first-order valence-corrected chi connectivity index (χ1v) is 8.03. The van der Waals surface area contributed by atoms with Crippen molar-refractivity contribution in [2.75, 3.05) is 26.3 Å². The number of thiazole rings is 1. The Hall–Kier alpha value is -1.76. The maximum absolute atomic E-state index is 12.2. The maximum atomic E-state index is 12.2. The number of nitrogens with zero attached hydrogens (tertiary/aromatic N) is 2. The van der Waals surface area contributed by atoms with Crippen LogP contribution in [0.3, 0.4) is 0 Å². The number of hydrogen-bond donors (Lipinski definition) is 2. The minimum Gasteiger partial charge on any atom is -0.395 e. The van der Waals surface area contributed by atoms with Crippen molar-refractivity contribution in [1.82, 2.24) is 9.88 Å². The van der Waals surface area contributed by atoms with Crippen LogP contribution in [0.25, 0.3) is 10.6 Å². The van der Waals surface area contributed by atoms with Crippen molar-refractivity contribution in [2.24, 2.45) is 0 Å². The van der Waals surface area contributed by atoms with Gasteiger partial charge in [-0.25, -0.2) is 4.98 Å². The quantitative estimate of drug-likeness (QED) is 0.810. The van der Waals surface area contributed by atoms with Crippen molar-refractivity contribution < 1.29 is 15.0 Å². The highest BCUT2D eigenvalue weighted by atomic mass is 32.1. The number of aliphatic hydroxyl groups is 2. The second-order valence-corrected chi connectivity index (χ2v) is 5.87. The van der Waals surface area contributed by atoms with E-state index in [9.17, 15) is 4.79 Å². The third kappa shape index (κ3) is 4.37. The van der Waals surface area contributed by atoms with E-state index in [1.807, 2.05) is 36.6 Å². The Labute approximate surface area is 133 Å². The molecule has 118 valence electrons. The number of hydrogen-bond acceptors (Lipinski definition) is 5. The highest BCUT2D eigenvalue weighted by molar-refractivity contribution is 7.13. The highest BCUT2D eigenvalue weighted by Crippen LogP contribution is 2.24. The summed E-state index contributed by atoms with van der Waals surface area (Å²) in [5.41, 5.74) is 2.95. The fourth-order valence-corrected chi connectivity index (χ4v) is 2.91. The fourth-order valence-electron chi connectivity index (χ4n) is 2.09. The summed E-state index contributed by atoms with van der Waals surface area (Å²) >= 11 is 1.51. The van der Waals surface area contributed by atoms with Crippen molar-refractivity contribution in [3.63, 3.8) is 0 Å². The van der Waals surface area contributed by atoms with Gasteiger partial charge in [0.25, 0.3) is 0 Å². The van der Waals surface area contributed by atoms with Crippen LogP contribution in [0, 0.1) is 6.92 Å². The van der Waals surface area contributed by atoms with Crippen LogP contribution < -0.4 is 0 Å². The zero-order valence-electron chi connectivity index (χ0n) is 12.5. The molecular formula is C16H20N2O3S. The van der Waals surface area contributed by atoms with Crippen LogP contribution in [0.2, 0.25) is 0 Å². The third-order valence-electron chi connectivity index (χ3n) is 3.28. The Kier molecular flexibility index (Phi) is 6.06. The summed E-state index contributed by atoms with van der Waals surface area (Å²) in [5, 5.41) is 20.7. The van der Waals surface area contributed by atoms with Gasteiger partial charge in [-0.2, -0.15) is 0 Å². The lowest BCUT2D eigenvalue weighted by molar-refractivity contribution is -0.131. The molecule has 0 radical (unpaired) electrons. The standard InChI is InChI=1S/C16H20N2O3S/c1-12-2-4-13(5-3-12)16-17-14(11-22-16)10-15(21)18(6-8-19)7-9-20/h2-5,11,19-20H,6-10H2,1H3. The van der Waals surface area contributed by atoms with E-state index in [4.69, 9.17) is 10.2 Å². The first-order chi connectivity index (χ1) is 10.6. The van der Waals surface area contributed by atoms with E-state index >= 15 is 0 Å². The van der Waals surface area contributed by atoms with Crippen molar-refractivity contribution in [2.45, 2.75) is 13.3 Å². The molecule has 0 saturated carbocycles. The molecule has 0 bridgehead atoms. The molecule has 1 amide bonds. The number of benzene rings is 1. The summed E-state index contributed by atoms with van der Waals surface area (Å²) in [7, 11) is 0. The van der Waals surface area contributed by atoms with Gasteiger partial charge < -0.3 is 15.1 Å². The van der Waals surface area contributed by atoms with Crippen molar-refractivity contribution in [1.29, 1.82) is 0 Å². The van der Waals surface area contributed by atoms with Crippen LogP contribution in [0.1, 0.15) is 11.3 Å². The lowest BCUT2D eigenvalue weighted by atomic mass is 10.2. The summed E-state index contributed by atoms with van der Waals surface area (Å²) in [4.78, 5) is 18.1. The molecule has 2 rings (SSSR count). The lowest BCUT2D eigenvalue weighted by Gasteiger charge is -2.20. The molecule has 2 aromatic rings. The van der Waals surface area contributed by atoms with Gasteiger partial charge in [-0.05, 0) is 6.92 Å². The van der Waals surface area contributed by atoms with Crippen molar-refractivity contribution >= 4 is 17.2 Å². The van der Waals surface area contributed by atoms with Gasteiger partial charge in [-0.15, -0.1) is 11.3 Å². The summed E-state index contributed by atoms with van der Waals surface area (Å²) in [6.07, 6.45) is 0.183. The molecule has 22 heavy (non-hydrogen) atoms. The number of carbonyl (C=O) groups is 1. The molecule has 1 aromatic carbocycles. The average Bonchev–Trinajstić information content (AvgIpc) is 2.96. The van der Waals surface area contributed by atoms with E-state index in [-0.39, 0.29) is 38.6 Å². The number of amides is 1. The predicted octanol–water partition coefficient (Wildman–Crippen LogP) is 1.47. The van der Waals surface area contributed by atoms with E-state index in [0.717, 1.165) is 10.6 Å². The van der Waals surface area contributed by atoms with Crippen LogP contribution in [-0.4, -0.2) is 52.3 Å². The van der Waals surface area contributed by atoms with Crippen LogP contribution in [-0.2, 0) is 11.2 Å². The monoisotopic (exact) mass is 320 g/mol. The van der Waals surface area contributed by atoms with Crippen LogP contribution >= 0.6 is 11.3 Å². The number of aromatic nitrogens is 1. The maximum Gasteiger partial charge on any atom is 0.228 e. The predicted molar refractivity (Wildman–Crippen MR) is 86.7 cm³/mol. The topological polar surface area (TPSA) is 73.7 Å². The van der Waals surface area contributed by atoms with Crippen molar-refractivity contribution in [3.8, 4) is 10.6 Å². The van der Waals surface area contributed by atoms with Gasteiger partial charge in [0, 0.05) is 24.0 Å². The largest absolute Gasteiger partial charge is 0.395 e.